The second-order valence-electron chi connectivity index (χ2n) is 7.03. The fraction of sp³-hybridized carbons (Fsp3) is 0.240. The third-order valence-electron chi connectivity index (χ3n) is 5.05. The van der Waals surface area contributed by atoms with Gasteiger partial charge >= 0.3 is 0 Å². The molecule has 4 nitrogen and oxygen atoms in total. The average Bonchev–Trinajstić information content (AvgIpc) is 2.76. The number of pyridine rings is 1. The van der Waals surface area contributed by atoms with Gasteiger partial charge in [0.1, 0.15) is 0 Å². The van der Waals surface area contributed by atoms with E-state index in [1.807, 2.05) is 54.6 Å². The van der Waals surface area contributed by atoms with Gasteiger partial charge in [0.15, 0.2) is 0 Å². The van der Waals surface area contributed by atoms with Crippen LogP contribution in [0.1, 0.15) is 42.1 Å². The Balaban J connectivity index is 1.93. The van der Waals surface area contributed by atoms with Gasteiger partial charge in [0, 0.05) is 11.3 Å². The van der Waals surface area contributed by atoms with Gasteiger partial charge in [-0.3, -0.25) is 4.79 Å². The van der Waals surface area contributed by atoms with E-state index in [0.29, 0.717) is 17.7 Å². The number of benzene rings is 2. The van der Waals surface area contributed by atoms with E-state index in [2.05, 4.69) is 19.1 Å². The molecule has 0 saturated heterocycles. The standard InChI is InChI=1S/C25H23N3O/c1-2-3-7-23-14-13-21(15-16-26)25(29)28(23)18-19-9-11-20(12-10-19)24-8-5-4-6-22(24)17-27/h4-6,8-14H,2-3,7,15,18H2,1H3. The zero-order valence-corrected chi connectivity index (χ0v) is 16.6. The van der Waals surface area contributed by atoms with Crippen molar-refractivity contribution in [3.05, 3.63) is 93.4 Å². The molecule has 0 N–H and O–H groups in total. The minimum absolute atomic E-state index is 0.0842. The van der Waals surface area contributed by atoms with Crippen LogP contribution in [0, 0.1) is 22.7 Å². The van der Waals surface area contributed by atoms with Gasteiger partial charge < -0.3 is 4.57 Å². The molecule has 1 heterocycles. The lowest BCUT2D eigenvalue weighted by atomic mass is 9.99. The minimum atomic E-state index is -0.0842. The monoisotopic (exact) mass is 381 g/mol. The van der Waals surface area contributed by atoms with E-state index in [4.69, 9.17) is 5.26 Å². The third kappa shape index (κ3) is 4.62. The van der Waals surface area contributed by atoms with Crippen molar-refractivity contribution in [2.24, 2.45) is 0 Å². The molecule has 2 aromatic carbocycles. The highest BCUT2D eigenvalue weighted by atomic mass is 16.1. The van der Waals surface area contributed by atoms with Gasteiger partial charge in [0.25, 0.3) is 5.56 Å². The molecule has 0 aliphatic carbocycles. The first kappa shape index (κ1) is 20.1. The van der Waals surface area contributed by atoms with Crippen molar-refractivity contribution >= 4 is 0 Å². The molecule has 0 amide bonds. The van der Waals surface area contributed by atoms with Crippen LogP contribution in [0.15, 0.2) is 65.5 Å². The summed E-state index contributed by atoms with van der Waals surface area (Å²) >= 11 is 0. The smallest absolute Gasteiger partial charge is 0.255 e. The third-order valence-corrected chi connectivity index (χ3v) is 5.05. The molecule has 0 saturated carbocycles. The van der Waals surface area contributed by atoms with Gasteiger partial charge in [-0.1, -0.05) is 61.9 Å². The highest BCUT2D eigenvalue weighted by molar-refractivity contribution is 5.70. The van der Waals surface area contributed by atoms with Gasteiger partial charge in [-0.2, -0.15) is 10.5 Å². The van der Waals surface area contributed by atoms with Crippen LogP contribution in [0.3, 0.4) is 0 Å². The molecule has 4 heteroatoms. The largest absolute Gasteiger partial charge is 0.308 e. The number of nitrogens with zero attached hydrogens (tertiary/aromatic N) is 3. The first-order valence-electron chi connectivity index (χ1n) is 9.85. The van der Waals surface area contributed by atoms with E-state index in [-0.39, 0.29) is 12.0 Å². The van der Waals surface area contributed by atoms with Gasteiger partial charge in [0.05, 0.1) is 30.7 Å². The van der Waals surface area contributed by atoms with Crippen molar-refractivity contribution in [3.8, 4) is 23.3 Å². The van der Waals surface area contributed by atoms with Crippen LogP contribution >= 0.6 is 0 Å². The molecule has 0 aliphatic rings. The molecule has 1 aromatic heterocycles. The number of rotatable bonds is 7. The maximum atomic E-state index is 12.9. The predicted octanol–water partition coefficient (Wildman–Crippen LogP) is 4.84. The second-order valence-corrected chi connectivity index (χ2v) is 7.03. The highest BCUT2D eigenvalue weighted by Gasteiger charge is 2.10. The number of aryl methyl sites for hydroxylation is 1. The van der Waals surface area contributed by atoms with Crippen molar-refractivity contribution in [2.75, 3.05) is 0 Å². The highest BCUT2D eigenvalue weighted by Crippen LogP contribution is 2.23. The number of nitriles is 2. The van der Waals surface area contributed by atoms with Crippen molar-refractivity contribution in [2.45, 2.75) is 39.2 Å². The van der Waals surface area contributed by atoms with Gasteiger partial charge in [-0.05, 0) is 41.7 Å². The molecule has 0 fully saturated rings. The Kier molecular flexibility index (Phi) is 6.61. The molecule has 0 spiro atoms. The zero-order valence-electron chi connectivity index (χ0n) is 16.6. The number of unbranched alkanes of at least 4 members (excludes halogenated alkanes) is 1. The lowest BCUT2D eigenvalue weighted by Crippen LogP contribution is -2.27. The summed E-state index contributed by atoms with van der Waals surface area (Å²) in [6.07, 6.45) is 3.03. The van der Waals surface area contributed by atoms with Crippen molar-refractivity contribution < 1.29 is 0 Å². The molecule has 0 bridgehead atoms. The number of aromatic nitrogens is 1. The van der Waals surface area contributed by atoms with Crippen molar-refractivity contribution in [1.29, 1.82) is 10.5 Å². The lowest BCUT2D eigenvalue weighted by molar-refractivity contribution is 0.662. The van der Waals surface area contributed by atoms with Gasteiger partial charge in [-0.25, -0.2) is 0 Å². The maximum Gasteiger partial charge on any atom is 0.255 e. The molecular formula is C25H23N3O. The molecule has 0 aliphatic heterocycles. The molecule has 0 radical (unpaired) electrons. The van der Waals surface area contributed by atoms with Crippen LogP contribution < -0.4 is 5.56 Å². The first-order valence-corrected chi connectivity index (χ1v) is 9.85. The molecule has 0 atom stereocenters. The summed E-state index contributed by atoms with van der Waals surface area (Å²) in [5.41, 5.74) is 4.98. The topological polar surface area (TPSA) is 69.6 Å². The van der Waals surface area contributed by atoms with Crippen LogP contribution in [-0.2, 0) is 19.4 Å². The first-order chi connectivity index (χ1) is 14.2. The fourth-order valence-corrected chi connectivity index (χ4v) is 3.44. The van der Waals surface area contributed by atoms with Crippen molar-refractivity contribution in [3.63, 3.8) is 0 Å². The van der Waals surface area contributed by atoms with E-state index >= 15 is 0 Å². The van der Waals surface area contributed by atoms with E-state index in [9.17, 15) is 10.1 Å². The summed E-state index contributed by atoms with van der Waals surface area (Å²) in [7, 11) is 0. The van der Waals surface area contributed by atoms with E-state index in [1.165, 1.54) is 0 Å². The Morgan fingerprint density at radius 2 is 1.72 bits per heavy atom. The Bertz CT molecular complexity index is 1130. The summed E-state index contributed by atoms with van der Waals surface area (Å²) in [6.45, 7) is 2.60. The summed E-state index contributed by atoms with van der Waals surface area (Å²) in [5, 5.41) is 18.3. The molecule has 0 unspecified atom stereocenters. The van der Waals surface area contributed by atoms with E-state index < -0.39 is 0 Å². The zero-order chi connectivity index (χ0) is 20.6. The van der Waals surface area contributed by atoms with E-state index in [1.54, 1.807) is 10.6 Å². The second kappa shape index (κ2) is 9.53. The Labute approximate surface area is 171 Å². The molecule has 3 aromatic rings. The van der Waals surface area contributed by atoms with Crippen molar-refractivity contribution in [1.82, 2.24) is 4.57 Å². The number of hydrogen-bond donors (Lipinski definition) is 0. The summed E-state index contributed by atoms with van der Waals surface area (Å²) < 4.78 is 1.79. The SMILES string of the molecule is CCCCc1ccc(CC#N)c(=O)n1Cc1ccc(-c2ccccc2C#N)cc1. The average molecular weight is 381 g/mol. The molecular weight excluding hydrogens is 358 g/mol. The molecule has 3 rings (SSSR count). The van der Waals surface area contributed by atoms with Gasteiger partial charge in [-0.15, -0.1) is 0 Å². The quantitative estimate of drug-likeness (QED) is 0.588. The molecule has 29 heavy (non-hydrogen) atoms. The summed E-state index contributed by atoms with van der Waals surface area (Å²) in [4.78, 5) is 12.9. The lowest BCUT2D eigenvalue weighted by Gasteiger charge is -2.15. The van der Waals surface area contributed by atoms with Crippen LogP contribution in [0.4, 0.5) is 0 Å². The Morgan fingerprint density at radius 1 is 0.966 bits per heavy atom. The van der Waals surface area contributed by atoms with Crippen LogP contribution in [0.5, 0.6) is 0 Å². The van der Waals surface area contributed by atoms with Crippen LogP contribution in [-0.4, -0.2) is 4.57 Å². The van der Waals surface area contributed by atoms with Gasteiger partial charge in [0.2, 0.25) is 0 Å². The minimum Gasteiger partial charge on any atom is -0.308 e. The van der Waals surface area contributed by atoms with E-state index in [0.717, 1.165) is 41.6 Å². The summed E-state index contributed by atoms with van der Waals surface area (Å²) in [5.74, 6) is 0. The number of hydrogen-bond acceptors (Lipinski definition) is 3. The fourth-order valence-electron chi connectivity index (χ4n) is 3.44. The normalized spacial score (nSPS) is 10.3. The summed E-state index contributed by atoms with van der Waals surface area (Å²) in [6, 6.07) is 23.6. The van der Waals surface area contributed by atoms with Crippen LogP contribution in [0.25, 0.3) is 11.1 Å². The Hall–Kier alpha value is -3.63. The Morgan fingerprint density at radius 3 is 2.41 bits per heavy atom. The predicted molar refractivity (Wildman–Crippen MR) is 114 cm³/mol. The maximum absolute atomic E-state index is 12.9. The molecule has 144 valence electrons. The van der Waals surface area contributed by atoms with Crippen LogP contribution in [0.2, 0.25) is 0 Å².